The summed E-state index contributed by atoms with van der Waals surface area (Å²) in [4.78, 5) is 29.9. The molecule has 0 spiro atoms. The van der Waals surface area contributed by atoms with Crippen molar-refractivity contribution in [1.29, 1.82) is 0 Å². The van der Waals surface area contributed by atoms with Crippen LogP contribution >= 0.6 is 0 Å². The molecule has 0 unspecified atom stereocenters. The van der Waals surface area contributed by atoms with Gasteiger partial charge in [0.25, 0.3) is 0 Å². The van der Waals surface area contributed by atoms with Gasteiger partial charge in [-0.15, -0.1) is 4.91 Å². The van der Waals surface area contributed by atoms with E-state index in [2.05, 4.69) is 5.29 Å². The van der Waals surface area contributed by atoms with Crippen LogP contribution in [0.25, 0.3) is 0 Å². The number of nitrogens with zero attached hydrogens (tertiary/aromatic N) is 2. The van der Waals surface area contributed by atoms with Gasteiger partial charge in [0.15, 0.2) is 0 Å². The summed E-state index contributed by atoms with van der Waals surface area (Å²) in [5.74, 6) is -0.309. The summed E-state index contributed by atoms with van der Waals surface area (Å²) >= 11 is 0. The summed E-state index contributed by atoms with van der Waals surface area (Å²) < 4.78 is 0. The Bertz CT molecular complexity index is 263. The Hall–Kier alpha value is -1.46. The molecule has 0 atom stereocenters. The Labute approximate surface area is 107 Å². The molecule has 1 aliphatic rings. The lowest BCUT2D eigenvalue weighted by Gasteiger charge is -2.06. The zero-order valence-corrected chi connectivity index (χ0v) is 10.9. The van der Waals surface area contributed by atoms with Gasteiger partial charge in [-0.2, -0.15) is 0 Å². The summed E-state index contributed by atoms with van der Waals surface area (Å²) in [6.07, 6.45) is 6.53. The van der Waals surface area contributed by atoms with Gasteiger partial charge in [0, 0.05) is 32.9 Å². The third kappa shape index (κ3) is 11.0. The van der Waals surface area contributed by atoms with Gasteiger partial charge < -0.3 is 5.11 Å². The molecule has 1 N–H and O–H groups in total. The highest BCUT2D eigenvalue weighted by molar-refractivity contribution is 5.83. The summed E-state index contributed by atoms with van der Waals surface area (Å²) in [6.45, 7) is 0.649. The number of unbranched alkanes of at least 4 members (excludes halogenated alkanes) is 3. The first-order valence-electron chi connectivity index (χ1n) is 6.34. The fourth-order valence-corrected chi connectivity index (χ4v) is 1.33. The second-order valence-electron chi connectivity index (χ2n) is 4.41. The average molecular weight is 258 g/mol. The number of aliphatic carboxylic acids is 1. The molecule has 0 bridgehead atoms. The maximum Gasteiger partial charge on any atom is 0.303 e. The van der Waals surface area contributed by atoms with Crippen molar-refractivity contribution in [2.45, 2.75) is 51.4 Å². The zero-order valence-electron chi connectivity index (χ0n) is 10.9. The van der Waals surface area contributed by atoms with Gasteiger partial charge in [-0.05, 0) is 19.3 Å². The number of hydrogen-bond donors (Lipinski definition) is 1. The molecule has 6 heteroatoms. The minimum Gasteiger partial charge on any atom is -0.481 e. The molecule has 0 aliphatic heterocycles. The molecule has 1 aliphatic carbocycles. The van der Waals surface area contributed by atoms with Crippen LogP contribution in [-0.4, -0.2) is 35.5 Å². The minimum absolute atomic E-state index is 0.238. The summed E-state index contributed by atoms with van der Waals surface area (Å²) in [5.41, 5.74) is 0. The fourth-order valence-electron chi connectivity index (χ4n) is 1.33. The monoisotopic (exact) mass is 258 g/mol. The SMILES string of the molecule is CN(CCCCCCC(=O)O)N=O.O=C1CCC1. The van der Waals surface area contributed by atoms with Crippen LogP contribution in [0.1, 0.15) is 51.4 Å². The van der Waals surface area contributed by atoms with E-state index in [9.17, 15) is 14.5 Å². The van der Waals surface area contributed by atoms with Crippen LogP contribution in [0.15, 0.2) is 5.29 Å². The average Bonchev–Trinajstić information content (AvgIpc) is 2.31. The molecule has 6 nitrogen and oxygen atoms in total. The first-order valence-corrected chi connectivity index (χ1v) is 6.34. The van der Waals surface area contributed by atoms with E-state index in [0.29, 0.717) is 18.7 Å². The van der Waals surface area contributed by atoms with Crippen LogP contribution in [-0.2, 0) is 9.59 Å². The molecule has 0 aromatic carbocycles. The van der Waals surface area contributed by atoms with Crippen molar-refractivity contribution in [1.82, 2.24) is 5.01 Å². The molecule has 0 aromatic heterocycles. The van der Waals surface area contributed by atoms with E-state index in [1.165, 1.54) is 5.01 Å². The third-order valence-electron chi connectivity index (χ3n) is 2.67. The predicted octanol–water partition coefficient (Wildman–Crippen LogP) is 2.37. The number of carboxylic acids is 1. The van der Waals surface area contributed by atoms with Gasteiger partial charge in [-0.25, -0.2) is 0 Å². The number of hydrogen-bond acceptors (Lipinski definition) is 4. The number of carboxylic acid groups (broad SMARTS) is 1. The number of nitroso groups, excluding NO2 is 1. The molecule has 0 radical (unpaired) electrons. The lowest BCUT2D eigenvalue weighted by atomic mass is 9.99. The fraction of sp³-hybridized carbons (Fsp3) is 0.833. The number of carbonyl (C=O) groups excluding carboxylic acids is 1. The molecule has 104 valence electrons. The predicted molar refractivity (Wildman–Crippen MR) is 68.0 cm³/mol. The van der Waals surface area contributed by atoms with E-state index in [1.807, 2.05) is 0 Å². The molecule has 0 aromatic rings. The van der Waals surface area contributed by atoms with Crippen LogP contribution in [0.2, 0.25) is 0 Å². The van der Waals surface area contributed by atoms with E-state index < -0.39 is 5.97 Å². The van der Waals surface area contributed by atoms with Crippen LogP contribution < -0.4 is 0 Å². The Morgan fingerprint density at radius 3 is 2.22 bits per heavy atom. The third-order valence-corrected chi connectivity index (χ3v) is 2.67. The highest BCUT2D eigenvalue weighted by Crippen LogP contribution is 2.10. The van der Waals surface area contributed by atoms with Gasteiger partial charge in [-0.1, -0.05) is 12.8 Å². The molecular weight excluding hydrogens is 236 g/mol. The summed E-state index contributed by atoms with van der Waals surface area (Å²) in [6, 6.07) is 0. The maximum absolute atomic E-state index is 10.1. The van der Waals surface area contributed by atoms with Crippen molar-refractivity contribution in [2.24, 2.45) is 5.29 Å². The quantitative estimate of drug-likeness (QED) is 0.410. The number of carbonyl (C=O) groups is 2. The standard InChI is InChI=1S/C8H16N2O3.C4H6O/c1-10(9-13)7-5-3-2-4-6-8(11)12;5-4-2-1-3-4/h2-7H2,1H3,(H,11,12);1-3H2. The van der Waals surface area contributed by atoms with Crippen LogP contribution in [0.4, 0.5) is 0 Å². The largest absolute Gasteiger partial charge is 0.481 e. The van der Waals surface area contributed by atoms with Crippen molar-refractivity contribution in [3.05, 3.63) is 4.91 Å². The van der Waals surface area contributed by atoms with Crippen molar-refractivity contribution in [3.8, 4) is 0 Å². The van der Waals surface area contributed by atoms with Gasteiger partial charge in [0.2, 0.25) is 0 Å². The van der Waals surface area contributed by atoms with E-state index in [4.69, 9.17) is 5.11 Å². The van der Waals surface area contributed by atoms with Crippen LogP contribution in [0, 0.1) is 4.91 Å². The van der Waals surface area contributed by atoms with E-state index >= 15 is 0 Å². The highest BCUT2D eigenvalue weighted by atomic mass is 16.4. The van der Waals surface area contributed by atoms with Crippen molar-refractivity contribution in [3.63, 3.8) is 0 Å². The Morgan fingerprint density at radius 1 is 1.28 bits per heavy atom. The second-order valence-corrected chi connectivity index (χ2v) is 4.41. The maximum atomic E-state index is 10.1. The Morgan fingerprint density at radius 2 is 1.83 bits per heavy atom. The first-order chi connectivity index (χ1) is 8.56. The molecule has 18 heavy (non-hydrogen) atoms. The van der Waals surface area contributed by atoms with Crippen molar-refractivity contribution in [2.75, 3.05) is 13.6 Å². The molecule has 1 fully saturated rings. The molecular formula is C12H22N2O4. The smallest absolute Gasteiger partial charge is 0.303 e. The number of Topliss-reactive ketones (excluding diaryl/α,β-unsaturated/α-hetero) is 1. The molecule has 0 amide bonds. The molecule has 1 rings (SSSR count). The lowest BCUT2D eigenvalue weighted by Crippen LogP contribution is -2.11. The number of ketones is 1. The topological polar surface area (TPSA) is 87.0 Å². The van der Waals surface area contributed by atoms with E-state index in [1.54, 1.807) is 7.05 Å². The summed E-state index contributed by atoms with van der Waals surface area (Å²) in [5, 5.41) is 12.4. The zero-order chi connectivity index (χ0) is 13.8. The normalized spacial score (nSPS) is 13.1. The summed E-state index contributed by atoms with van der Waals surface area (Å²) in [7, 11) is 1.63. The molecule has 1 saturated carbocycles. The Balaban J connectivity index is 0.000000473. The molecule has 0 saturated heterocycles. The second kappa shape index (κ2) is 10.7. The van der Waals surface area contributed by atoms with E-state index in [0.717, 1.165) is 38.5 Å². The van der Waals surface area contributed by atoms with Gasteiger partial charge in [0.1, 0.15) is 5.78 Å². The van der Waals surface area contributed by atoms with Gasteiger partial charge in [-0.3, -0.25) is 14.6 Å². The van der Waals surface area contributed by atoms with Crippen LogP contribution in [0.3, 0.4) is 0 Å². The van der Waals surface area contributed by atoms with Gasteiger partial charge >= 0.3 is 5.97 Å². The van der Waals surface area contributed by atoms with Crippen molar-refractivity contribution < 1.29 is 14.7 Å². The van der Waals surface area contributed by atoms with E-state index in [-0.39, 0.29) is 6.42 Å². The van der Waals surface area contributed by atoms with Gasteiger partial charge in [0.05, 0.1) is 5.29 Å². The first kappa shape index (κ1) is 16.5. The lowest BCUT2D eigenvalue weighted by molar-refractivity contribution is -0.137. The highest BCUT2D eigenvalue weighted by Gasteiger charge is 2.09. The van der Waals surface area contributed by atoms with Crippen LogP contribution in [0.5, 0.6) is 0 Å². The molecule has 0 heterocycles. The van der Waals surface area contributed by atoms with Crippen molar-refractivity contribution >= 4 is 11.8 Å². The number of rotatable bonds is 8. The Kier molecular flexibility index (Phi) is 9.81. The minimum atomic E-state index is -0.744.